The van der Waals surface area contributed by atoms with E-state index in [4.69, 9.17) is 0 Å². The van der Waals surface area contributed by atoms with E-state index in [0.717, 1.165) is 16.1 Å². The van der Waals surface area contributed by atoms with Gasteiger partial charge in [0.2, 0.25) is 0 Å². The van der Waals surface area contributed by atoms with Gasteiger partial charge in [0.05, 0.1) is 17.9 Å². The van der Waals surface area contributed by atoms with E-state index in [0.29, 0.717) is 29.9 Å². The lowest BCUT2D eigenvalue weighted by Gasteiger charge is -2.08. The number of aryl methyl sites for hydroxylation is 3. The highest BCUT2D eigenvalue weighted by molar-refractivity contribution is 7.99. The maximum Gasteiger partial charge on any atom is 0.332 e. The molecular weight excluding hydrogens is 368 g/mol. The molecular formula is C16H18N8O2S. The number of nitrogens with zero attached hydrogens (tertiary/aromatic N) is 8. The van der Waals surface area contributed by atoms with Crippen LogP contribution in [-0.4, -0.2) is 44.2 Å². The number of aromatic nitrogens is 8. The van der Waals surface area contributed by atoms with E-state index in [1.807, 2.05) is 7.05 Å². The van der Waals surface area contributed by atoms with E-state index in [1.165, 1.54) is 15.5 Å². The molecule has 0 aliphatic carbocycles. The number of thioether (sulfide) groups is 1. The van der Waals surface area contributed by atoms with Crippen LogP contribution in [0.3, 0.4) is 0 Å². The summed E-state index contributed by atoms with van der Waals surface area (Å²) in [4.78, 5) is 37.8. The quantitative estimate of drug-likeness (QED) is 0.276. The minimum absolute atomic E-state index is 0.310. The van der Waals surface area contributed by atoms with Crippen molar-refractivity contribution in [3.8, 4) is 0 Å². The number of hydrogen-bond donors (Lipinski definition) is 0. The van der Waals surface area contributed by atoms with Crippen molar-refractivity contribution in [3.05, 3.63) is 39.7 Å². The molecule has 0 spiro atoms. The van der Waals surface area contributed by atoms with E-state index in [1.54, 1.807) is 47.6 Å². The Hall–Kier alpha value is -2.95. The minimum atomic E-state index is -0.354. The van der Waals surface area contributed by atoms with Gasteiger partial charge >= 0.3 is 5.69 Å². The van der Waals surface area contributed by atoms with Crippen molar-refractivity contribution in [2.75, 3.05) is 5.75 Å². The zero-order chi connectivity index (χ0) is 19.1. The van der Waals surface area contributed by atoms with Gasteiger partial charge in [0.25, 0.3) is 5.56 Å². The van der Waals surface area contributed by atoms with Crippen LogP contribution < -0.4 is 11.2 Å². The first-order chi connectivity index (χ1) is 13.0. The fourth-order valence-electron chi connectivity index (χ4n) is 3.04. The van der Waals surface area contributed by atoms with E-state index in [2.05, 4.69) is 20.1 Å². The smallest absolute Gasteiger partial charge is 0.328 e. The van der Waals surface area contributed by atoms with Gasteiger partial charge in [-0.25, -0.2) is 19.7 Å². The van der Waals surface area contributed by atoms with E-state index < -0.39 is 0 Å². The van der Waals surface area contributed by atoms with Gasteiger partial charge in [0, 0.05) is 33.4 Å². The SMILES string of the molecule is Cn1cnc2c1c(=O)n(CCCSc1ncnc3c1cnn3C)c(=O)n2C. The molecule has 0 bridgehead atoms. The van der Waals surface area contributed by atoms with Crippen molar-refractivity contribution < 1.29 is 0 Å². The van der Waals surface area contributed by atoms with Gasteiger partial charge in [0.15, 0.2) is 16.8 Å². The molecule has 4 heterocycles. The summed E-state index contributed by atoms with van der Waals surface area (Å²) in [5.41, 5.74) is 0.942. The van der Waals surface area contributed by atoms with E-state index in [9.17, 15) is 9.59 Å². The molecule has 0 unspecified atom stereocenters. The summed E-state index contributed by atoms with van der Waals surface area (Å²) < 4.78 is 6.02. The van der Waals surface area contributed by atoms with Gasteiger partial charge in [0.1, 0.15) is 11.4 Å². The van der Waals surface area contributed by atoms with Crippen LogP contribution in [0.1, 0.15) is 6.42 Å². The summed E-state index contributed by atoms with van der Waals surface area (Å²) in [5, 5.41) is 5.94. The van der Waals surface area contributed by atoms with Crippen molar-refractivity contribution in [1.82, 2.24) is 38.4 Å². The molecule has 0 amide bonds. The maximum atomic E-state index is 12.7. The third-order valence-corrected chi connectivity index (χ3v) is 5.55. The Balaban J connectivity index is 1.53. The number of fused-ring (bicyclic) bond motifs is 2. The Labute approximate surface area is 157 Å². The number of rotatable bonds is 5. The van der Waals surface area contributed by atoms with Crippen LogP contribution in [0.5, 0.6) is 0 Å². The summed E-state index contributed by atoms with van der Waals surface area (Å²) in [6, 6.07) is 0. The largest absolute Gasteiger partial charge is 0.332 e. The second-order valence-electron chi connectivity index (χ2n) is 6.21. The van der Waals surface area contributed by atoms with Crippen LogP contribution in [0.4, 0.5) is 0 Å². The lowest BCUT2D eigenvalue weighted by Crippen LogP contribution is -2.39. The van der Waals surface area contributed by atoms with E-state index >= 15 is 0 Å². The first-order valence-electron chi connectivity index (χ1n) is 8.35. The van der Waals surface area contributed by atoms with Gasteiger partial charge in [-0.3, -0.25) is 18.6 Å². The molecule has 0 N–H and O–H groups in total. The fraction of sp³-hybridized carbons (Fsp3) is 0.375. The Morgan fingerprint density at radius 2 is 1.89 bits per heavy atom. The third kappa shape index (κ3) is 2.83. The molecule has 0 saturated heterocycles. The van der Waals surface area contributed by atoms with Gasteiger partial charge in [-0.1, -0.05) is 0 Å². The van der Waals surface area contributed by atoms with Crippen molar-refractivity contribution in [3.63, 3.8) is 0 Å². The Morgan fingerprint density at radius 1 is 1.07 bits per heavy atom. The van der Waals surface area contributed by atoms with Crippen LogP contribution >= 0.6 is 11.8 Å². The molecule has 0 aromatic carbocycles. The summed E-state index contributed by atoms with van der Waals surface area (Å²) in [7, 11) is 5.21. The highest BCUT2D eigenvalue weighted by Gasteiger charge is 2.15. The molecule has 140 valence electrons. The highest BCUT2D eigenvalue weighted by Crippen LogP contribution is 2.24. The molecule has 4 aromatic rings. The second kappa shape index (κ2) is 6.65. The average molecular weight is 386 g/mol. The van der Waals surface area contributed by atoms with Gasteiger partial charge in [-0.2, -0.15) is 5.10 Å². The summed E-state index contributed by atoms with van der Waals surface area (Å²) in [5.74, 6) is 0.708. The van der Waals surface area contributed by atoms with Crippen molar-refractivity contribution in [2.45, 2.75) is 18.0 Å². The summed E-state index contributed by atoms with van der Waals surface area (Å²) in [6.07, 6.45) is 5.45. The Kier molecular flexibility index (Phi) is 4.30. The molecule has 11 heteroatoms. The van der Waals surface area contributed by atoms with E-state index in [-0.39, 0.29) is 11.2 Å². The Bertz CT molecular complexity index is 1270. The molecule has 0 aliphatic rings. The molecule has 0 atom stereocenters. The van der Waals surface area contributed by atoms with Gasteiger partial charge in [-0.05, 0) is 6.42 Å². The standard InChI is InChI=1S/C16H18N8O2S/c1-21-9-19-13-11(21)15(25)24(16(26)22(13)2)5-4-6-27-14-10-7-20-23(3)12(10)17-8-18-14/h7-9H,4-6H2,1-3H3. The van der Waals surface area contributed by atoms with Crippen LogP contribution in [-0.2, 0) is 27.7 Å². The fourth-order valence-corrected chi connectivity index (χ4v) is 3.93. The molecule has 0 aliphatic heterocycles. The lowest BCUT2D eigenvalue weighted by molar-refractivity contribution is 0.594. The normalized spacial score (nSPS) is 11.7. The molecule has 10 nitrogen and oxygen atoms in total. The van der Waals surface area contributed by atoms with Gasteiger partial charge in [-0.15, -0.1) is 11.8 Å². The van der Waals surface area contributed by atoms with Crippen LogP contribution in [0.25, 0.3) is 22.2 Å². The molecule has 27 heavy (non-hydrogen) atoms. The zero-order valence-corrected chi connectivity index (χ0v) is 16.0. The topological polar surface area (TPSA) is 105 Å². The first-order valence-corrected chi connectivity index (χ1v) is 9.34. The Morgan fingerprint density at radius 3 is 2.70 bits per heavy atom. The predicted octanol–water partition coefficient (Wildman–Crippen LogP) is 0.293. The zero-order valence-electron chi connectivity index (χ0n) is 15.2. The highest BCUT2D eigenvalue weighted by atomic mass is 32.2. The van der Waals surface area contributed by atoms with Crippen molar-refractivity contribution >= 4 is 34.0 Å². The predicted molar refractivity (Wildman–Crippen MR) is 102 cm³/mol. The first kappa shape index (κ1) is 17.5. The van der Waals surface area contributed by atoms with Crippen LogP contribution in [0.15, 0.2) is 33.5 Å². The second-order valence-corrected chi connectivity index (χ2v) is 7.30. The summed E-state index contributed by atoms with van der Waals surface area (Å²) >= 11 is 1.56. The van der Waals surface area contributed by atoms with Crippen LogP contribution in [0, 0.1) is 0 Å². The number of hydrogen-bond acceptors (Lipinski definition) is 7. The molecule has 0 fully saturated rings. The summed E-state index contributed by atoms with van der Waals surface area (Å²) in [6.45, 7) is 0.334. The minimum Gasteiger partial charge on any atom is -0.328 e. The molecule has 0 saturated carbocycles. The molecule has 4 rings (SSSR count). The lowest BCUT2D eigenvalue weighted by atomic mass is 10.4. The number of imidazole rings is 1. The van der Waals surface area contributed by atoms with Gasteiger partial charge < -0.3 is 4.57 Å². The average Bonchev–Trinajstić information content (AvgIpc) is 3.23. The molecule has 0 radical (unpaired) electrons. The van der Waals surface area contributed by atoms with Crippen molar-refractivity contribution in [2.24, 2.45) is 21.1 Å². The molecule has 4 aromatic heterocycles. The van der Waals surface area contributed by atoms with Crippen LogP contribution in [0.2, 0.25) is 0 Å². The monoisotopic (exact) mass is 386 g/mol. The van der Waals surface area contributed by atoms with Crippen molar-refractivity contribution in [1.29, 1.82) is 0 Å². The maximum absolute atomic E-state index is 12.7. The third-order valence-electron chi connectivity index (χ3n) is 4.46.